The molecule has 0 unspecified atom stereocenters. The predicted molar refractivity (Wildman–Crippen MR) is 85.2 cm³/mol. The number of aryl methyl sites for hydroxylation is 1. The third kappa shape index (κ3) is 4.08. The van der Waals surface area contributed by atoms with Crippen LogP contribution in [0.3, 0.4) is 0 Å². The number of aromatic nitrogens is 1. The Hall–Kier alpha value is -1.81. The Bertz CT molecular complexity index is 636. The van der Waals surface area contributed by atoms with E-state index in [-0.39, 0.29) is 0 Å². The summed E-state index contributed by atoms with van der Waals surface area (Å²) >= 11 is 1.49. The first kappa shape index (κ1) is 15.6. The Kier molecular flexibility index (Phi) is 5.02. The van der Waals surface area contributed by atoms with Crippen molar-refractivity contribution in [2.75, 3.05) is 0 Å². The predicted octanol–water partition coefficient (Wildman–Crippen LogP) is 4.62. The first-order valence-electron chi connectivity index (χ1n) is 7.01. The molecule has 0 amide bonds. The Labute approximate surface area is 129 Å². The van der Waals surface area contributed by atoms with E-state index in [0.717, 1.165) is 22.0 Å². The zero-order valence-corrected chi connectivity index (χ0v) is 13.3. The molecular formula is C17H19NO2S. The lowest BCUT2D eigenvalue weighted by atomic mass is 10.0. The van der Waals surface area contributed by atoms with Crippen molar-refractivity contribution >= 4 is 17.7 Å². The molecule has 0 radical (unpaired) electrons. The first-order chi connectivity index (χ1) is 9.99. The monoisotopic (exact) mass is 301 g/mol. The lowest BCUT2D eigenvalue weighted by Gasteiger charge is -2.08. The number of pyridine rings is 1. The molecule has 21 heavy (non-hydrogen) atoms. The zero-order chi connectivity index (χ0) is 15.4. The summed E-state index contributed by atoms with van der Waals surface area (Å²) in [5.41, 5.74) is 2.39. The van der Waals surface area contributed by atoms with Gasteiger partial charge in [0.15, 0.2) is 0 Å². The maximum atomic E-state index is 11.2. The lowest BCUT2D eigenvalue weighted by Crippen LogP contribution is -2.00. The van der Waals surface area contributed by atoms with Crippen molar-refractivity contribution in [2.24, 2.45) is 0 Å². The molecule has 0 bridgehead atoms. The summed E-state index contributed by atoms with van der Waals surface area (Å²) in [6.45, 7) is 6.29. The van der Waals surface area contributed by atoms with Gasteiger partial charge in [-0.1, -0.05) is 44.7 Å². The number of hydrogen-bond donors (Lipinski definition) is 1. The van der Waals surface area contributed by atoms with Crippen LogP contribution in [0.2, 0.25) is 0 Å². The average molecular weight is 301 g/mol. The number of carbonyl (C=O) groups is 1. The van der Waals surface area contributed by atoms with E-state index in [4.69, 9.17) is 5.11 Å². The molecule has 0 aliphatic carbocycles. The second-order valence-corrected chi connectivity index (χ2v) is 6.26. The number of hydrogen-bond acceptors (Lipinski definition) is 3. The number of aromatic carboxylic acids is 1. The smallest absolute Gasteiger partial charge is 0.335 e. The SMILES string of the molecule is CCc1cc(C(=O)O)cc(Sc2ccc(C(C)C)cc2)n1. The summed E-state index contributed by atoms with van der Waals surface area (Å²) in [7, 11) is 0. The lowest BCUT2D eigenvalue weighted by molar-refractivity contribution is 0.0696. The Balaban J connectivity index is 2.26. The van der Waals surface area contributed by atoms with Crippen LogP contribution in [-0.2, 0) is 6.42 Å². The fraction of sp³-hybridized carbons (Fsp3) is 0.294. The molecule has 2 aromatic rings. The standard InChI is InChI=1S/C17H19NO2S/c1-4-14-9-13(17(19)20)10-16(18-14)21-15-7-5-12(6-8-15)11(2)3/h5-11H,4H2,1-3H3,(H,19,20). The van der Waals surface area contributed by atoms with Crippen molar-refractivity contribution in [3.63, 3.8) is 0 Å². The fourth-order valence-electron chi connectivity index (χ4n) is 1.96. The van der Waals surface area contributed by atoms with Crippen molar-refractivity contribution in [3.05, 3.63) is 53.2 Å². The van der Waals surface area contributed by atoms with Crippen LogP contribution in [0.4, 0.5) is 0 Å². The minimum atomic E-state index is -0.913. The molecular weight excluding hydrogens is 282 g/mol. The molecule has 1 N–H and O–H groups in total. The van der Waals surface area contributed by atoms with E-state index in [9.17, 15) is 4.79 Å². The van der Waals surface area contributed by atoms with Gasteiger partial charge >= 0.3 is 5.97 Å². The zero-order valence-electron chi connectivity index (χ0n) is 12.5. The molecule has 0 fully saturated rings. The van der Waals surface area contributed by atoms with E-state index in [2.05, 4.69) is 43.1 Å². The van der Waals surface area contributed by atoms with Crippen LogP contribution in [0, 0.1) is 0 Å². The van der Waals surface area contributed by atoms with Gasteiger partial charge in [-0.3, -0.25) is 0 Å². The highest BCUT2D eigenvalue weighted by atomic mass is 32.2. The van der Waals surface area contributed by atoms with Crippen LogP contribution in [0.5, 0.6) is 0 Å². The molecule has 110 valence electrons. The van der Waals surface area contributed by atoms with Crippen molar-refractivity contribution < 1.29 is 9.90 Å². The van der Waals surface area contributed by atoms with Gasteiger partial charge in [-0.05, 0) is 42.2 Å². The minimum Gasteiger partial charge on any atom is -0.478 e. The quantitative estimate of drug-likeness (QED) is 0.875. The van der Waals surface area contributed by atoms with E-state index in [1.165, 1.54) is 17.3 Å². The molecule has 0 atom stereocenters. The average Bonchev–Trinajstić information content (AvgIpc) is 2.47. The van der Waals surface area contributed by atoms with Gasteiger partial charge in [0, 0.05) is 10.6 Å². The largest absolute Gasteiger partial charge is 0.478 e. The topological polar surface area (TPSA) is 50.2 Å². The van der Waals surface area contributed by atoms with E-state index < -0.39 is 5.97 Å². The van der Waals surface area contributed by atoms with Gasteiger partial charge in [0.25, 0.3) is 0 Å². The Morgan fingerprint density at radius 2 is 1.90 bits per heavy atom. The van der Waals surface area contributed by atoms with Crippen molar-refractivity contribution in [3.8, 4) is 0 Å². The second-order valence-electron chi connectivity index (χ2n) is 5.17. The van der Waals surface area contributed by atoms with Crippen molar-refractivity contribution in [1.29, 1.82) is 0 Å². The number of carboxylic acid groups (broad SMARTS) is 1. The van der Waals surface area contributed by atoms with Gasteiger partial charge in [0.1, 0.15) is 5.03 Å². The van der Waals surface area contributed by atoms with Gasteiger partial charge in [0.2, 0.25) is 0 Å². The maximum absolute atomic E-state index is 11.2. The van der Waals surface area contributed by atoms with Gasteiger partial charge < -0.3 is 5.11 Å². The molecule has 0 aliphatic rings. The molecule has 0 spiro atoms. The molecule has 4 heteroatoms. The van der Waals surface area contributed by atoms with Crippen LogP contribution in [0.1, 0.15) is 48.3 Å². The summed E-state index contributed by atoms with van der Waals surface area (Å²) in [5, 5.41) is 9.88. The molecule has 1 aromatic carbocycles. The highest BCUT2D eigenvalue weighted by molar-refractivity contribution is 7.99. The number of benzene rings is 1. The highest BCUT2D eigenvalue weighted by Crippen LogP contribution is 2.28. The van der Waals surface area contributed by atoms with Gasteiger partial charge in [-0.15, -0.1) is 0 Å². The molecule has 3 nitrogen and oxygen atoms in total. The molecule has 0 aliphatic heterocycles. The minimum absolute atomic E-state index is 0.295. The van der Waals surface area contributed by atoms with Crippen LogP contribution in [0.15, 0.2) is 46.3 Å². The number of rotatable bonds is 5. The highest BCUT2D eigenvalue weighted by Gasteiger charge is 2.09. The third-order valence-corrected chi connectivity index (χ3v) is 4.16. The van der Waals surface area contributed by atoms with Crippen LogP contribution in [-0.4, -0.2) is 16.1 Å². The molecule has 2 rings (SSSR count). The summed E-state index contributed by atoms with van der Waals surface area (Å²) < 4.78 is 0. The van der Waals surface area contributed by atoms with Crippen molar-refractivity contribution in [2.45, 2.75) is 43.0 Å². The Morgan fingerprint density at radius 1 is 1.24 bits per heavy atom. The fourth-order valence-corrected chi connectivity index (χ4v) is 2.82. The summed E-state index contributed by atoms with van der Waals surface area (Å²) in [5.74, 6) is -0.409. The third-order valence-electron chi connectivity index (χ3n) is 3.23. The van der Waals surface area contributed by atoms with E-state index in [1.807, 2.05) is 6.92 Å². The summed E-state index contributed by atoms with van der Waals surface area (Å²) in [4.78, 5) is 16.7. The van der Waals surface area contributed by atoms with Crippen LogP contribution in [0.25, 0.3) is 0 Å². The van der Waals surface area contributed by atoms with Crippen LogP contribution < -0.4 is 0 Å². The van der Waals surface area contributed by atoms with Gasteiger partial charge in [0.05, 0.1) is 5.56 Å². The van der Waals surface area contributed by atoms with E-state index >= 15 is 0 Å². The second kappa shape index (κ2) is 6.76. The number of nitrogens with zero attached hydrogens (tertiary/aromatic N) is 1. The first-order valence-corrected chi connectivity index (χ1v) is 7.83. The normalized spacial score (nSPS) is 10.9. The molecule has 0 saturated carbocycles. The Morgan fingerprint density at radius 3 is 2.43 bits per heavy atom. The summed E-state index contributed by atoms with van der Waals surface area (Å²) in [6, 6.07) is 11.6. The number of carboxylic acids is 1. The molecule has 1 aromatic heterocycles. The van der Waals surface area contributed by atoms with E-state index in [0.29, 0.717) is 11.5 Å². The molecule has 0 saturated heterocycles. The summed E-state index contributed by atoms with van der Waals surface area (Å²) in [6.07, 6.45) is 0.723. The maximum Gasteiger partial charge on any atom is 0.335 e. The van der Waals surface area contributed by atoms with Crippen LogP contribution >= 0.6 is 11.8 Å². The van der Waals surface area contributed by atoms with Crippen molar-refractivity contribution in [1.82, 2.24) is 4.98 Å². The van der Waals surface area contributed by atoms with Gasteiger partial charge in [-0.2, -0.15) is 0 Å². The van der Waals surface area contributed by atoms with E-state index in [1.54, 1.807) is 12.1 Å². The van der Waals surface area contributed by atoms with Gasteiger partial charge in [-0.25, -0.2) is 9.78 Å². The molecule has 1 heterocycles.